The van der Waals surface area contributed by atoms with Crippen molar-refractivity contribution in [3.63, 3.8) is 0 Å². The first-order chi connectivity index (χ1) is 16.5. The number of aromatic carboxylic acids is 1. The van der Waals surface area contributed by atoms with Crippen LogP contribution in [-0.2, 0) is 0 Å². The summed E-state index contributed by atoms with van der Waals surface area (Å²) in [7, 11) is 0. The topological polar surface area (TPSA) is 58.6 Å². The molecule has 2 N–H and O–H groups in total. The molecule has 1 heterocycles. The Morgan fingerprint density at radius 2 is 1.71 bits per heavy atom. The number of hydrogen-bond acceptors (Lipinski definition) is 3. The Balaban J connectivity index is 1.40. The van der Waals surface area contributed by atoms with Crippen molar-refractivity contribution in [3.8, 4) is 5.75 Å². The zero-order valence-electron chi connectivity index (χ0n) is 18.9. The average molecular weight is 456 g/mol. The fraction of sp³-hybridized carbons (Fsp3) is 0.207. The second-order valence-electron chi connectivity index (χ2n) is 8.78. The summed E-state index contributed by atoms with van der Waals surface area (Å²) in [5.74, 6) is -1.51. The smallest absolute Gasteiger partial charge is 0.338 e. The van der Waals surface area contributed by atoms with E-state index in [1.54, 1.807) is 12.1 Å². The molecule has 0 bridgehead atoms. The third-order valence-corrected chi connectivity index (χ3v) is 6.66. The van der Waals surface area contributed by atoms with Gasteiger partial charge in [0.05, 0.1) is 5.56 Å². The van der Waals surface area contributed by atoms with Crippen LogP contribution in [-0.4, -0.2) is 23.7 Å². The Kier molecular flexibility index (Phi) is 6.03. The Morgan fingerprint density at radius 3 is 2.56 bits per heavy atom. The van der Waals surface area contributed by atoms with Crippen LogP contribution < -0.4 is 10.1 Å². The fourth-order valence-corrected chi connectivity index (χ4v) is 4.94. The van der Waals surface area contributed by atoms with Gasteiger partial charge in [0.25, 0.3) is 0 Å². The molecule has 0 saturated heterocycles. The van der Waals surface area contributed by atoms with Crippen molar-refractivity contribution in [1.82, 2.24) is 5.32 Å². The monoisotopic (exact) mass is 455 g/mol. The standard InChI is InChI=1S/C29H26FNO3/c1-18(21-12-6-9-19-8-2-3-10-22(19)21)31-17-20-16-26(23-11-4-5-15-27(23)34-20)24-13-7-14-25(28(24)30)29(32)33/h2-15,18,20,26,31H,16-17H2,1H3,(H,32,33). The minimum absolute atomic E-state index is 0.0948. The molecule has 4 aromatic rings. The maximum absolute atomic E-state index is 15.2. The average Bonchev–Trinajstić information content (AvgIpc) is 2.86. The molecule has 0 amide bonds. The van der Waals surface area contributed by atoms with E-state index >= 15 is 4.39 Å². The van der Waals surface area contributed by atoms with Crippen LogP contribution in [0.1, 0.15) is 52.4 Å². The summed E-state index contributed by atoms with van der Waals surface area (Å²) in [6.45, 7) is 2.71. The summed E-state index contributed by atoms with van der Waals surface area (Å²) >= 11 is 0. The van der Waals surface area contributed by atoms with Gasteiger partial charge in [-0.1, -0.05) is 72.8 Å². The van der Waals surface area contributed by atoms with Gasteiger partial charge < -0.3 is 15.2 Å². The van der Waals surface area contributed by atoms with E-state index in [1.807, 2.05) is 36.4 Å². The summed E-state index contributed by atoms with van der Waals surface area (Å²) in [6, 6.07) is 26.9. The second-order valence-corrected chi connectivity index (χ2v) is 8.78. The van der Waals surface area contributed by atoms with Crippen LogP contribution in [0.15, 0.2) is 84.9 Å². The van der Waals surface area contributed by atoms with E-state index in [-0.39, 0.29) is 23.6 Å². The molecule has 0 saturated carbocycles. The number of carboxylic acid groups (broad SMARTS) is 1. The quantitative estimate of drug-likeness (QED) is 0.358. The number of nitrogens with one attached hydrogen (secondary N) is 1. The molecule has 4 nitrogen and oxygen atoms in total. The van der Waals surface area contributed by atoms with Crippen LogP contribution in [0.5, 0.6) is 5.75 Å². The highest BCUT2D eigenvalue weighted by Gasteiger charge is 2.32. The number of carboxylic acids is 1. The van der Waals surface area contributed by atoms with Gasteiger partial charge in [-0.15, -0.1) is 0 Å². The van der Waals surface area contributed by atoms with Crippen molar-refractivity contribution in [3.05, 3.63) is 113 Å². The Hall–Kier alpha value is -3.70. The number of rotatable bonds is 6. The highest BCUT2D eigenvalue weighted by Crippen LogP contribution is 2.41. The minimum atomic E-state index is -1.26. The summed E-state index contributed by atoms with van der Waals surface area (Å²) in [4.78, 5) is 11.5. The number of halogens is 1. The molecule has 3 atom stereocenters. The number of ether oxygens (including phenoxy) is 1. The van der Waals surface area contributed by atoms with Gasteiger partial charge in [0.15, 0.2) is 0 Å². The summed E-state index contributed by atoms with van der Waals surface area (Å²) in [5.41, 5.74) is 2.18. The molecule has 1 aliphatic rings. The number of para-hydroxylation sites is 1. The lowest BCUT2D eigenvalue weighted by Crippen LogP contribution is -2.37. The largest absolute Gasteiger partial charge is 0.489 e. The fourth-order valence-electron chi connectivity index (χ4n) is 4.94. The molecule has 0 fully saturated rings. The van der Waals surface area contributed by atoms with Gasteiger partial charge >= 0.3 is 5.97 Å². The van der Waals surface area contributed by atoms with Gasteiger partial charge in [0, 0.05) is 24.1 Å². The Labute approximate surface area is 198 Å². The van der Waals surface area contributed by atoms with Crippen LogP contribution in [0.3, 0.4) is 0 Å². The van der Waals surface area contributed by atoms with Crippen molar-refractivity contribution >= 4 is 16.7 Å². The van der Waals surface area contributed by atoms with E-state index in [0.717, 1.165) is 5.56 Å². The lowest BCUT2D eigenvalue weighted by molar-refractivity contribution is 0.0691. The van der Waals surface area contributed by atoms with Crippen LogP contribution in [0, 0.1) is 5.82 Å². The molecule has 3 unspecified atom stereocenters. The number of benzene rings is 4. The van der Waals surface area contributed by atoms with Crippen LogP contribution >= 0.6 is 0 Å². The molecule has 5 rings (SSSR count). The zero-order valence-corrected chi connectivity index (χ0v) is 18.9. The van der Waals surface area contributed by atoms with Gasteiger partial charge in [0.2, 0.25) is 0 Å². The van der Waals surface area contributed by atoms with Gasteiger partial charge in [-0.25, -0.2) is 9.18 Å². The molecule has 4 aromatic carbocycles. The van der Waals surface area contributed by atoms with E-state index in [0.29, 0.717) is 24.3 Å². The molecule has 0 radical (unpaired) electrons. The highest BCUT2D eigenvalue weighted by molar-refractivity contribution is 5.88. The van der Waals surface area contributed by atoms with Crippen LogP contribution in [0.2, 0.25) is 0 Å². The first-order valence-corrected chi connectivity index (χ1v) is 11.5. The minimum Gasteiger partial charge on any atom is -0.489 e. The summed E-state index contributed by atoms with van der Waals surface area (Å²) < 4.78 is 21.4. The van der Waals surface area contributed by atoms with E-state index in [1.165, 1.54) is 22.4 Å². The van der Waals surface area contributed by atoms with E-state index in [9.17, 15) is 9.90 Å². The maximum Gasteiger partial charge on any atom is 0.338 e. The molecule has 0 aliphatic carbocycles. The summed E-state index contributed by atoms with van der Waals surface area (Å²) in [6.07, 6.45) is 0.358. The Bertz CT molecular complexity index is 1350. The van der Waals surface area contributed by atoms with Crippen LogP contribution in [0.4, 0.5) is 4.39 Å². The van der Waals surface area contributed by atoms with Gasteiger partial charge in [0.1, 0.15) is 17.7 Å². The SMILES string of the molecule is CC(NCC1CC(c2cccc(C(=O)O)c2F)c2ccccc2O1)c1cccc2ccccc12. The van der Waals surface area contributed by atoms with Crippen LogP contribution in [0.25, 0.3) is 10.8 Å². The first-order valence-electron chi connectivity index (χ1n) is 11.5. The van der Waals surface area contributed by atoms with Crippen molar-refractivity contribution in [1.29, 1.82) is 0 Å². The predicted octanol–water partition coefficient (Wildman–Crippen LogP) is 6.31. The van der Waals surface area contributed by atoms with Crippen molar-refractivity contribution in [2.24, 2.45) is 0 Å². The lowest BCUT2D eigenvalue weighted by atomic mass is 9.83. The molecule has 0 aromatic heterocycles. The summed E-state index contributed by atoms with van der Waals surface area (Å²) in [5, 5.41) is 15.4. The molecular weight excluding hydrogens is 429 g/mol. The van der Waals surface area contributed by atoms with Crippen molar-refractivity contribution in [2.75, 3.05) is 6.54 Å². The van der Waals surface area contributed by atoms with Gasteiger partial charge in [-0.3, -0.25) is 0 Å². The number of fused-ring (bicyclic) bond motifs is 2. The first kappa shape index (κ1) is 22.1. The normalized spacial score (nSPS) is 18.2. The molecule has 34 heavy (non-hydrogen) atoms. The zero-order chi connectivity index (χ0) is 23.7. The molecule has 0 spiro atoms. The number of hydrogen-bond donors (Lipinski definition) is 2. The lowest BCUT2D eigenvalue weighted by Gasteiger charge is -2.33. The van der Waals surface area contributed by atoms with E-state index in [2.05, 4.69) is 42.6 Å². The molecular formula is C29H26FNO3. The second kappa shape index (κ2) is 9.27. The van der Waals surface area contributed by atoms with Crippen molar-refractivity contribution < 1.29 is 19.0 Å². The van der Waals surface area contributed by atoms with E-state index < -0.39 is 11.8 Å². The van der Waals surface area contributed by atoms with Gasteiger partial charge in [-0.05, 0) is 47.4 Å². The van der Waals surface area contributed by atoms with E-state index in [4.69, 9.17) is 4.74 Å². The third kappa shape index (κ3) is 4.15. The predicted molar refractivity (Wildman–Crippen MR) is 131 cm³/mol. The van der Waals surface area contributed by atoms with Gasteiger partial charge in [-0.2, -0.15) is 0 Å². The maximum atomic E-state index is 15.2. The Morgan fingerprint density at radius 1 is 1.00 bits per heavy atom. The third-order valence-electron chi connectivity index (χ3n) is 6.66. The highest BCUT2D eigenvalue weighted by atomic mass is 19.1. The molecule has 172 valence electrons. The molecule has 5 heteroatoms. The van der Waals surface area contributed by atoms with Crippen molar-refractivity contribution in [2.45, 2.75) is 31.4 Å². The number of carbonyl (C=O) groups is 1. The molecule has 1 aliphatic heterocycles.